The van der Waals surface area contributed by atoms with Crippen LogP contribution < -0.4 is 10.5 Å². The number of ether oxygens (including phenoxy) is 1. The molecule has 1 aliphatic rings. The lowest BCUT2D eigenvalue weighted by Gasteiger charge is -2.37. The van der Waals surface area contributed by atoms with E-state index in [9.17, 15) is 9.59 Å². The van der Waals surface area contributed by atoms with E-state index in [1.165, 1.54) is 4.90 Å². The normalized spacial score (nSPS) is 15.2. The number of carbonyl (C=O) groups is 1. The zero-order valence-corrected chi connectivity index (χ0v) is 10.0. The van der Waals surface area contributed by atoms with Crippen molar-refractivity contribution in [1.29, 1.82) is 0 Å². The van der Waals surface area contributed by atoms with E-state index in [0.717, 1.165) is 10.9 Å². The Kier molecular flexibility index (Phi) is 2.95. The minimum absolute atomic E-state index is 0.00334. The fourth-order valence-corrected chi connectivity index (χ4v) is 1.72. The maximum Gasteiger partial charge on any atom is 0.447 e. The first-order valence-corrected chi connectivity index (χ1v) is 5.60. The highest BCUT2D eigenvalue weighted by Crippen LogP contribution is 2.21. The molecule has 0 spiro atoms. The molecule has 2 aromatic rings. The number of aromatic nitrogens is 4. The summed E-state index contributed by atoms with van der Waals surface area (Å²) >= 11 is 0. The number of aliphatic hydroxyl groups is 1. The van der Waals surface area contributed by atoms with Crippen LogP contribution >= 0.6 is 0 Å². The van der Waals surface area contributed by atoms with Crippen molar-refractivity contribution in [2.24, 2.45) is 0 Å². The van der Waals surface area contributed by atoms with Crippen molar-refractivity contribution in [2.45, 2.75) is 6.10 Å². The van der Waals surface area contributed by atoms with Crippen LogP contribution in [-0.4, -0.2) is 61.8 Å². The summed E-state index contributed by atoms with van der Waals surface area (Å²) in [6, 6.07) is 0. The van der Waals surface area contributed by atoms with E-state index in [2.05, 4.69) is 24.6 Å². The maximum absolute atomic E-state index is 11.3. The molecular weight excluding hydrogens is 274 g/mol. The lowest BCUT2D eigenvalue weighted by Crippen LogP contribution is -2.57. The van der Waals surface area contributed by atoms with Crippen molar-refractivity contribution in [3.05, 3.63) is 16.9 Å². The Morgan fingerprint density at radius 1 is 1.50 bits per heavy atom. The number of aliphatic hydroxyl groups excluding tert-OH is 1. The summed E-state index contributed by atoms with van der Waals surface area (Å²) in [4.78, 5) is 23.9. The van der Waals surface area contributed by atoms with Gasteiger partial charge in [-0.25, -0.2) is 14.0 Å². The zero-order chi connectivity index (χ0) is 14.1. The van der Waals surface area contributed by atoms with Gasteiger partial charge in [-0.15, -0.1) is 0 Å². The predicted octanol–water partition coefficient (Wildman–Crippen LogP) is -2.21. The average molecular weight is 283 g/mol. The van der Waals surface area contributed by atoms with Gasteiger partial charge in [0.2, 0.25) is 5.91 Å². The SMILES string of the molecule is O=C(CO)N1CC(Oc2nonc2-n2cnoc2=O)C1. The van der Waals surface area contributed by atoms with Gasteiger partial charge in [0.1, 0.15) is 19.0 Å². The number of amides is 1. The standard InChI is InChI=1S/C9H9N5O6/c15-3-6(16)13-1-5(2-13)18-8-7(11-20-12-8)14-4-10-19-9(14)17/h4-5,15H,1-3H2. The van der Waals surface area contributed by atoms with Crippen LogP contribution in [0.1, 0.15) is 0 Å². The van der Waals surface area contributed by atoms with E-state index in [4.69, 9.17) is 9.84 Å². The molecule has 2 aromatic heterocycles. The Balaban J connectivity index is 1.69. The summed E-state index contributed by atoms with van der Waals surface area (Å²) in [6.45, 7) is 0.0774. The number of hydrogen-bond acceptors (Lipinski definition) is 9. The molecule has 0 saturated carbocycles. The first-order valence-electron chi connectivity index (χ1n) is 5.60. The third kappa shape index (κ3) is 2.03. The smallest absolute Gasteiger partial charge is 0.447 e. The van der Waals surface area contributed by atoms with Crippen molar-refractivity contribution in [1.82, 2.24) is 24.9 Å². The number of hydrogen-bond donors (Lipinski definition) is 1. The monoisotopic (exact) mass is 283 g/mol. The van der Waals surface area contributed by atoms with Gasteiger partial charge in [0.25, 0.3) is 5.82 Å². The highest BCUT2D eigenvalue weighted by molar-refractivity contribution is 5.78. The molecule has 1 saturated heterocycles. The molecule has 0 unspecified atom stereocenters. The van der Waals surface area contributed by atoms with Crippen LogP contribution in [0.4, 0.5) is 0 Å². The van der Waals surface area contributed by atoms with Crippen LogP contribution in [0.5, 0.6) is 5.88 Å². The van der Waals surface area contributed by atoms with Crippen LogP contribution in [0.25, 0.3) is 5.82 Å². The molecule has 0 aromatic carbocycles. The first-order chi connectivity index (χ1) is 9.69. The largest absolute Gasteiger partial charge is 0.466 e. The molecule has 11 nitrogen and oxygen atoms in total. The maximum atomic E-state index is 11.3. The zero-order valence-electron chi connectivity index (χ0n) is 10.0. The van der Waals surface area contributed by atoms with Crippen molar-refractivity contribution >= 4 is 5.91 Å². The van der Waals surface area contributed by atoms with Gasteiger partial charge < -0.3 is 14.7 Å². The molecule has 0 atom stereocenters. The van der Waals surface area contributed by atoms with Crippen molar-refractivity contribution in [3.63, 3.8) is 0 Å². The third-order valence-corrected chi connectivity index (χ3v) is 2.77. The second-order valence-corrected chi connectivity index (χ2v) is 4.04. The predicted molar refractivity (Wildman–Crippen MR) is 58.0 cm³/mol. The highest BCUT2D eigenvalue weighted by Gasteiger charge is 2.33. The minimum atomic E-state index is -0.753. The van der Waals surface area contributed by atoms with Gasteiger partial charge in [-0.05, 0) is 10.3 Å². The summed E-state index contributed by atoms with van der Waals surface area (Å²) < 4.78 is 15.3. The lowest BCUT2D eigenvalue weighted by molar-refractivity contribution is -0.143. The second kappa shape index (κ2) is 4.77. The van der Waals surface area contributed by atoms with E-state index in [1.807, 2.05) is 0 Å². The molecule has 0 radical (unpaired) electrons. The minimum Gasteiger partial charge on any atom is -0.466 e. The number of rotatable bonds is 4. The van der Waals surface area contributed by atoms with E-state index >= 15 is 0 Å². The Hall–Kier alpha value is -2.69. The van der Waals surface area contributed by atoms with Gasteiger partial charge in [0, 0.05) is 0 Å². The molecule has 11 heteroatoms. The summed E-state index contributed by atoms with van der Waals surface area (Å²) in [7, 11) is 0. The molecule has 3 heterocycles. The Morgan fingerprint density at radius 2 is 2.30 bits per heavy atom. The molecule has 20 heavy (non-hydrogen) atoms. The topological polar surface area (TPSA) is 137 Å². The molecule has 1 fully saturated rings. The van der Waals surface area contributed by atoms with Gasteiger partial charge in [-0.1, -0.05) is 5.16 Å². The van der Waals surface area contributed by atoms with Crippen molar-refractivity contribution in [3.8, 4) is 11.7 Å². The molecule has 1 N–H and O–H groups in total. The van der Waals surface area contributed by atoms with Gasteiger partial charge in [-0.3, -0.25) is 9.32 Å². The Morgan fingerprint density at radius 3 is 2.95 bits per heavy atom. The molecule has 106 valence electrons. The van der Waals surface area contributed by atoms with E-state index in [0.29, 0.717) is 13.1 Å². The highest BCUT2D eigenvalue weighted by atomic mass is 16.6. The number of likely N-dealkylation sites (tertiary alicyclic amines) is 1. The number of nitrogens with zero attached hydrogens (tertiary/aromatic N) is 5. The number of carbonyl (C=O) groups excluding carboxylic acids is 1. The van der Waals surface area contributed by atoms with E-state index in [1.54, 1.807) is 0 Å². The average Bonchev–Trinajstić information content (AvgIpc) is 3.00. The van der Waals surface area contributed by atoms with Crippen LogP contribution in [0.15, 0.2) is 20.3 Å². The van der Waals surface area contributed by atoms with Gasteiger partial charge >= 0.3 is 11.6 Å². The molecule has 3 rings (SSSR count). The van der Waals surface area contributed by atoms with Gasteiger partial charge in [0.05, 0.1) is 13.1 Å². The fourth-order valence-electron chi connectivity index (χ4n) is 1.72. The first kappa shape index (κ1) is 12.3. The molecule has 1 amide bonds. The van der Waals surface area contributed by atoms with E-state index in [-0.39, 0.29) is 23.7 Å². The van der Waals surface area contributed by atoms with Crippen molar-refractivity contribution in [2.75, 3.05) is 19.7 Å². The van der Waals surface area contributed by atoms with Gasteiger partial charge in [-0.2, -0.15) is 0 Å². The second-order valence-electron chi connectivity index (χ2n) is 4.04. The van der Waals surface area contributed by atoms with Crippen LogP contribution in [0, 0.1) is 0 Å². The van der Waals surface area contributed by atoms with Crippen LogP contribution in [0.2, 0.25) is 0 Å². The molecule has 1 aliphatic heterocycles. The molecule has 0 bridgehead atoms. The van der Waals surface area contributed by atoms with Crippen molar-refractivity contribution < 1.29 is 23.8 Å². The van der Waals surface area contributed by atoms with Gasteiger partial charge in [0.15, 0.2) is 0 Å². The summed E-state index contributed by atoms with van der Waals surface area (Å²) in [5.74, 6) is -1.12. The quantitative estimate of drug-likeness (QED) is 0.661. The fraction of sp³-hybridized carbons (Fsp3) is 0.444. The van der Waals surface area contributed by atoms with E-state index < -0.39 is 12.4 Å². The summed E-state index contributed by atoms with van der Waals surface area (Å²) in [5, 5.41) is 19.1. The lowest BCUT2D eigenvalue weighted by atomic mass is 10.1. The van der Waals surface area contributed by atoms with Crippen LogP contribution in [0.3, 0.4) is 0 Å². The van der Waals surface area contributed by atoms with Crippen LogP contribution in [-0.2, 0) is 4.79 Å². The summed E-state index contributed by atoms with van der Waals surface area (Å²) in [5.41, 5.74) is 0. The summed E-state index contributed by atoms with van der Waals surface area (Å²) in [6.07, 6.45) is 0.795. The Labute approximate surface area is 110 Å². The molecule has 0 aliphatic carbocycles. The third-order valence-electron chi connectivity index (χ3n) is 2.77. The molecular formula is C9H9N5O6. The Bertz CT molecular complexity index is 668.